The van der Waals surface area contributed by atoms with Gasteiger partial charge in [0.25, 0.3) is 0 Å². The predicted molar refractivity (Wildman–Crippen MR) is 118 cm³/mol. The molecule has 1 unspecified atom stereocenters. The summed E-state index contributed by atoms with van der Waals surface area (Å²) in [6.07, 6.45) is 2.78. The molecule has 2 amide bonds. The fraction of sp³-hybridized carbons (Fsp3) is 0.440. The van der Waals surface area contributed by atoms with E-state index in [1.54, 1.807) is 0 Å². The quantitative estimate of drug-likeness (QED) is 0.804. The van der Waals surface area contributed by atoms with Gasteiger partial charge in [-0.1, -0.05) is 67.6 Å². The first-order valence-corrected chi connectivity index (χ1v) is 11.0. The van der Waals surface area contributed by atoms with Crippen LogP contribution in [0.15, 0.2) is 60.7 Å². The van der Waals surface area contributed by atoms with Crippen LogP contribution in [0.1, 0.15) is 37.3 Å². The van der Waals surface area contributed by atoms with E-state index in [0.717, 1.165) is 31.6 Å². The zero-order valence-corrected chi connectivity index (χ0v) is 17.7. The summed E-state index contributed by atoms with van der Waals surface area (Å²) in [5.74, 6) is 0.0904. The molecule has 5 heteroatoms. The van der Waals surface area contributed by atoms with Crippen molar-refractivity contribution in [2.75, 3.05) is 19.6 Å². The van der Waals surface area contributed by atoms with Crippen molar-refractivity contribution in [1.82, 2.24) is 15.1 Å². The molecule has 5 nitrogen and oxygen atoms in total. The number of carbonyl (C=O) groups excluding carboxylic acids is 2. The Bertz CT molecular complexity index is 860. The number of piperidine rings is 1. The maximum atomic E-state index is 13.4. The van der Waals surface area contributed by atoms with Crippen molar-refractivity contribution in [2.45, 2.75) is 50.7 Å². The Hall–Kier alpha value is -2.66. The largest absolute Gasteiger partial charge is 0.342 e. The highest BCUT2D eigenvalue weighted by Gasteiger charge is 2.53. The topological polar surface area (TPSA) is 52.7 Å². The lowest BCUT2D eigenvalue weighted by Crippen LogP contribution is -2.73. The summed E-state index contributed by atoms with van der Waals surface area (Å²) in [4.78, 5) is 31.0. The minimum absolute atomic E-state index is 0.0239. The Morgan fingerprint density at radius 3 is 2.13 bits per heavy atom. The third-order valence-electron chi connectivity index (χ3n) is 6.47. The number of hydrogen-bond donors (Lipinski definition) is 1. The first-order chi connectivity index (χ1) is 14.6. The van der Waals surface area contributed by atoms with Crippen molar-refractivity contribution in [3.05, 3.63) is 71.8 Å². The van der Waals surface area contributed by atoms with Gasteiger partial charge in [0.15, 0.2) is 0 Å². The van der Waals surface area contributed by atoms with Gasteiger partial charge in [0.2, 0.25) is 11.8 Å². The number of likely N-dealkylation sites (tertiary alicyclic amines) is 1. The number of carbonyl (C=O) groups is 2. The van der Waals surface area contributed by atoms with Crippen LogP contribution in [0.4, 0.5) is 0 Å². The van der Waals surface area contributed by atoms with Crippen molar-refractivity contribution >= 4 is 11.8 Å². The molecule has 2 aliphatic heterocycles. The van der Waals surface area contributed by atoms with Crippen LogP contribution in [0.5, 0.6) is 0 Å². The molecule has 0 aliphatic carbocycles. The van der Waals surface area contributed by atoms with Gasteiger partial charge in [-0.15, -0.1) is 0 Å². The fourth-order valence-corrected chi connectivity index (χ4v) is 4.83. The Kier molecular flexibility index (Phi) is 6.18. The summed E-state index contributed by atoms with van der Waals surface area (Å²) in [5.41, 5.74) is 1.65. The van der Waals surface area contributed by atoms with Crippen LogP contribution in [0.2, 0.25) is 0 Å². The molecule has 2 saturated heterocycles. The van der Waals surface area contributed by atoms with Crippen molar-refractivity contribution in [1.29, 1.82) is 0 Å². The van der Waals surface area contributed by atoms with Crippen molar-refractivity contribution < 1.29 is 9.59 Å². The second kappa shape index (κ2) is 9.00. The van der Waals surface area contributed by atoms with Gasteiger partial charge in [0.05, 0.1) is 0 Å². The molecule has 2 heterocycles. The monoisotopic (exact) mass is 405 g/mol. The third kappa shape index (κ3) is 4.12. The Labute approximate surface area is 179 Å². The number of piperazine rings is 1. The van der Waals surface area contributed by atoms with Gasteiger partial charge in [0, 0.05) is 32.6 Å². The number of hydrogen-bond acceptors (Lipinski definition) is 3. The van der Waals surface area contributed by atoms with E-state index in [9.17, 15) is 9.59 Å². The maximum absolute atomic E-state index is 13.4. The Balaban J connectivity index is 1.47. The van der Waals surface area contributed by atoms with Crippen LogP contribution in [-0.4, -0.2) is 52.8 Å². The highest BCUT2D eigenvalue weighted by molar-refractivity contribution is 6.00. The molecule has 2 aromatic rings. The molecule has 1 N–H and O–H groups in total. The molecule has 30 heavy (non-hydrogen) atoms. The average molecular weight is 406 g/mol. The van der Waals surface area contributed by atoms with E-state index in [1.807, 2.05) is 41.3 Å². The molecule has 0 radical (unpaired) electrons. The zero-order chi connectivity index (χ0) is 21.0. The summed E-state index contributed by atoms with van der Waals surface area (Å²) in [7, 11) is 0. The Morgan fingerprint density at radius 2 is 1.53 bits per heavy atom. The van der Waals surface area contributed by atoms with Gasteiger partial charge in [-0.05, 0) is 30.4 Å². The SMILES string of the molecule is CCCN1C(=O)C(Cc2ccccc2)NC(=O)C12CCN(Cc1ccccc1)CC2. The first-order valence-electron chi connectivity index (χ1n) is 11.0. The van der Waals surface area contributed by atoms with E-state index in [1.165, 1.54) is 5.56 Å². The van der Waals surface area contributed by atoms with Gasteiger partial charge in [-0.3, -0.25) is 14.5 Å². The Morgan fingerprint density at radius 1 is 0.933 bits per heavy atom. The minimum Gasteiger partial charge on any atom is -0.342 e. The van der Waals surface area contributed by atoms with Gasteiger partial charge >= 0.3 is 0 Å². The lowest BCUT2D eigenvalue weighted by molar-refractivity contribution is -0.161. The van der Waals surface area contributed by atoms with Crippen LogP contribution in [0.25, 0.3) is 0 Å². The lowest BCUT2D eigenvalue weighted by Gasteiger charge is -2.51. The first kappa shape index (κ1) is 20.6. The lowest BCUT2D eigenvalue weighted by atomic mass is 9.81. The molecule has 2 fully saturated rings. The molecule has 0 saturated carbocycles. The van der Waals surface area contributed by atoms with Crippen molar-refractivity contribution in [2.24, 2.45) is 0 Å². The summed E-state index contributed by atoms with van der Waals surface area (Å²) in [6, 6.07) is 19.9. The highest BCUT2D eigenvalue weighted by Crippen LogP contribution is 2.34. The average Bonchev–Trinajstić information content (AvgIpc) is 2.78. The van der Waals surface area contributed by atoms with E-state index in [4.69, 9.17) is 0 Å². The smallest absolute Gasteiger partial charge is 0.246 e. The number of amides is 2. The molecular weight excluding hydrogens is 374 g/mol. The minimum atomic E-state index is -0.701. The highest BCUT2D eigenvalue weighted by atomic mass is 16.2. The van der Waals surface area contributed by atoms with E-state index in [0.29, 0.717) is 25.8 Å². The second-order valence-electron chi connectivity index (χ2n) is 8.50. The summed E-state index contributed by atoms with van der Waals surface area (Å²) in [5, 5.41) is 3.08. The molecule has 2 aliphatic rings. The summed E-state index contributed by atoms with van der Waals surface area (Å²) >= 11 is 0. The van der Waals surface area contributed by atoms with Gasteiger partial charge < -0.3 is 10.2 Å². The zero-order valence-electron chi connectivity index (χ0n) is 17.7. The van der Waals surface area contributed by atoms with E-state index < -0.39 is 11.6 Å². The van der Waals surface area contributed by atoms with E-state index in [2.05, 4.69) is 41.4 Å². The molecule has 158 valence electrons. The number of nitrogens with one attached hydrogen (secondary N) is 1. The number of benzene rings is 2. The summed E-state index contributed by atoms with van der Waals surface area (Å²) in [6.45, 7) is 5.23. The predicted octanol–water partition coefficient (Wildman–Crippen LogP) is 3.00. The molecule has 0 bridgehead atoms. The summed E-state index contributed by atoms with van der Waals surface area (Å²) < 4.78 is 0. The second-order valence-corrected chi connectivity index (χ2v) is 8.50. The molecule has 1 atom stereocenters. The number of nitrogens with zero attached hydrogens (tertiary/aromatic N) is 2. The van der Waals surface area contributed by atoms with Crippen LogP contribution in [0, 0.1) is 0 Å². The molecule has 2 aromatic carbocycles. The van der Waals surface area contributed by atoms with Crippen LogP contribution in [-0.2, 0) is 22.6 Å². The van der Waals surface area contributed by atoms with Gasteiger partial charge in [-0.25, -0.2) is 0 Å². The normalized spacial score (nSPS) is 21.6. The van der Waals surface area contributed by atoms with Crippen LogP contribution < -0.4 is 5.32 Å². The maximum Gasteiger partial charge on any atom is 0.246 e. The molecule has 0 aromatic heterocycles. The fourth-order valence-electron chi connectivity index (χ4n) is 4.83. The molecule has 4 rings (SSSR count). The standard InChI is InChI=1S/C25H31N3O2/c1-2-15-28-23(29)22(18-20-9-5-3-6-10-20)26-24(30)25(28)13-16-27(17-14-25)19-21-11-7-4-8-12-21/h3-12,22H,2,13-19H2,1H3,(H,26,30). The third-order valence-corrected chi connectivity index (χ3v) is 6.47. The van der Waals surface area contributed by atoms with Gasteiger partial charge in [-0.2, -0.15) is 0 Å². The van der Waals surface area contributed by atoms with Crippen LogP contribution in [0.3, 0.4) is 0 Å². The molecular formula is C25H31N3O2. The van der Waals surface area contributed by atoms with Crippen molar-refractivity contribution in [3.8, 4) is 0 Å². The van der Waals surface area contributed by atoms with Crippen molar-refractivity contribution in [3.63, 3.8) is 0 Å². The van der Waals surface area contributed by atoms with Gasteiger partial charge in [0.1, 0.15) is 11.6 Å². The van der Waals surface area contributed by atoms with E-state index >= 15 is 0 Å². The molecule has 1 spiro atoms. The van der Waals surface area contributed by atoms with E-state index in [-0.39, 0.29) is 11.8 Å². The number of rotatable bonds is 6. The van der Waals surface area contributed by atoms with Crippen LogP contribution >= 0.6 is 0 Å².